The molecule has 0 fully saturated rings. The van der Waals surface area contributed by atoms with Crippen LogP contribution in [0, 0.1) is 24.0 Å². The van der Waals surface area contributed by atoms with Crippen molar-refractivity contribution in [2.45, 2.75) is 20.5 Å². The lowest BCUT2D eigenvalue weighted by molar-refractivity contribution is -0.384. The number of rotatable bonds is 5. The molecule has 2 aromatic heterocycles. The van der Waals surface area contributed by atoms with Crippen molar-refractivity contribution >= 4 is 16.7 Å². The minimum atomic E-state index is -0.624. The zero-order valence-corrected chi connectivity index (χ0v) is 16.2. The van der Waals surface area contributed by atoms with E-state index < -0.39 is 10.5 Å². The van der Waals surface area contributed by atoms with Crippen molar-refractivity contribution in [3.63, 3.8) is 0 Å². The topological polar surface area (TPSA) is 116 Å². The molecule has 2 aromatic carbocycles. The van der Waals surface area contributed by atoms with Crippen molar-refractivity contribution in [1.82, 2.24) is 0 Å². The molecule has 4 rings (SSSR count). The van der Waals surface area contributed by atoms with Crippen LogP contribution in [0.3, 0.4) is 0 Å². The van der Waals surface area contributed by atoms with E-state index in [-0.39, 0.29) is 29.4 Å². The van der Waals surface area contributed by atoms with E-state index in [0.29, 0.717) is 22.7 Å². The summed E-state index contributed by atoms with van der Waals surface area (Å²) in [4.78, 5) is 22.2. The maximum atomic E-state index is 11.9. The van der Waals surface area contributed by atoms with Crippen LogP contribution in [0.4, 0.5) is 5.69 Å². The van der Waals surface area contributed by atoms with Gasteiger partial charge in [0.05, 0.1) is 10.5 Å². The number of nitrogens with zero attached hydrogens (tertiary/aromatic N) is 1. The highest BCUT2D eigenvalue weighted by atomic mass is 16.6. The number of furan rings is 1. The fraction of sp³-hybridized carbons (Fsp3) is 0.136. The summed E-state index contributed by atoms with van der Waals surface area (Å²) < 4.78 is 16.9. The molecule has 8 nitrogen and oxygen atoms in total. The van der Waals surface area contributed by atoms with Gasteiger partial charge in [-0.1, -0.05) is 0 Å². The summed E-state index contributed by atoms with van der Waals surface area (Å²) in [5.41, 5.74) is 1.27. The summed E-state index contributed by atoms with van der Waals surface area (Å²) >= 11 is 0. The van der Waals surface area contributed by atoms with Crippen molar-refractivity contribution in [1.29, 1.82) is 0 Å². The second kappa shape index (κ2) is 7.40. The zero-order chi connectivity index (χ0) is 21.4. The van der Waals surface area contributed by atoms with Gasteiger partial charge in [-0.25, -0.2) is 4.79 Å². The Morgan fingerprint density at radius 2 is 1.77 bits per heavy atom. The molecule has 30 heavy (non-hydrogen) atoms. The van der Waals surface area contributed by atoms with Crippen LogP contribution in [0.2, 0.25) is 0 Å². The highest BCUT2D eigenvalue weighted by Gasteiger charge is 2.18. The van der Waals surface area contributed by atoms with Crippen LogP contribution in [-0.2, 0) is 6.61 Å². The average molecular weight is 407 g/mol. The van der Waals surface area contributed by atoms with E-state index in [1.807, 2.05) is 0 Å². The van der Waals surface area contributed by atoms with Gasteiger partial charge in [0, 0.05) is 29.1 Å². The first kappa shape index (κ1) is 19.3. The van der Waals surface area contributed by atoms with Crippen LogP contribution < -0.4 is 10.4 Å². The molecular formula is C22H17NO7. The van der Waals surface area contributed by atoms with E-state index >= 15 is 0 Å². The van der Waals surface area contributed by atoms with Gasteiger partial charge in [0.15, 0.2) is 11.5 Å². The van der Waals surface area contributed by atoms with Crippen molar-refractivity contribution in [2.24, 2.45) is 0 Å². The molecule has 0 spiro atoms. The van der Waals surface area contributed by atoms with Crippen molar-refractivity contribution in [3.8, 4) is 23.0 Å². The smallest absolute Gasteiger partial charge is 0.343 e. The Kier molecular flexibility index (Phi) is 4.75. The third kappa shape index (κ3) is 3.50. The summed E-state index contributed by atoms with van der Waals surface area (Å²) in [6.07, 6.45) is 0. The second-order valence-electron chi connectivity index (χ2n) is 6.84. The molecule has 4 aromatic rings. The van der Waals surface area contributed by atoms with E-state index in [2.05, 4.69) is 0 Å². The first-order valence-corrected chi connectivity index (χ1v) is 9.07. The van der Waals surface area contributed by atoms with Crippen molar-refractivity contribution < 1.29 is 23.6 Å². The predicted molar refractivity (Wildman–Crippen MR) is 109 cm³/mol. The highest BCUT2D eigenvalue weighted by molar-refractivity contribution is 5.83. The molecule has 0 aliphatic heterocycles. The van der Waals surface area contributed by atoms with Crippen LogP contribution in [0.15, 0.2) is 62.2 Å². The Labute approximate surface area is 170 Å². The molecule has 0 amide bonds. The van der Waals surface area contributed by atoms with Gasteiger partial charge in [-0.05, 0) is 49.7 Å². The molecular weight excluding hydrogens is 390 g/mol. The van der Waals surface area contributed by atoms with E-state index in [4.69, 9.17) is 13.6 Å². The fourth-order valence-corrected chi connectivity index (χ4v) is 3.06. The second-order valence-corrected chi connectivity index (χ2v) is 6.84. The third-order valence-electron chi connectivity index (χ3n) is 4.82. The molecule has 1 N–H and O–H groups in total. The van der Waals surface area contributed by atoms with Crippen LogP contribution in [0.25, 0.3) is 22.5 Å². The largest absolute Gasteiger partial charge is 0.507 e. The van der Waals surface area contributed by atoms with Gasteiger partial charge in [0.1, 0.15) is 23.7 Å². The quantitative estimate of drug-likeness (QED) is 0.371. The monoisotopic (exact) mass is 407 g/mol. The van der Waals surface area contributed by atoms with Crippen LogP contribution in [-0.4, -0.2) is 10.0 Å². The molecule has 0 atom stereocenters. The van der Waals surface area contributed by atoms with Crippen molar-refractivity contribution in [3.05, 3.63) is 85.8 Å². The van der Waals surface area contributed by atoms with Gasteiger partial charge in [-0.2, -0.15) is 0 Å². The number of non-ortho nitro benzene ring substituents is 1. The SMILES string of the molecule is Cc1c(-c2cc3ccc(OCc4ccc([N+](=O)[O-])cc4)cc3o2)oc(=O)c(C)c1O. The first-order valence-electron chi connectivity index (χ1n) is 9.07. The van der Waals surface area contributed by atoms with Gasteiger partial charge >= 0.3 is 5.63 Å². The lowest BCUT2D eigenvalue weighted by Crippen LogP contribution is -2.05. The van der Waals surface area contributed by atoms with Crippen molar-refractivity contribution in [2.75, 3.05) is 0 Å². The molecule has 152 valence electrons. The third-order valence-corrected chi connectivity index (χ3v) is 4.82. The summed E-state index contributed by atoms with van der Waals surface area (Å²) in [6.45, 7) is 3.37. The number of aromatic hydroxyl groups is 1. The molecule has 8 heteroatoms. The van der Waals surface area contributed by atoms with Gasteiger partial charge in [-0.3, -0.25) is 10.1 Å². The predicted octanol–water partition coefficient (Wildman–Crippen LogP) is 4.86. The average Bonchev–Trinajstić information content (AvgIpc) is 3.16. The number of hydrogen-bond acceptors (Lipinski definition) is 7. The Bertz CT molecular complexity index is 1320. The Morgan fingerprint density at radius 1 is 1.03 bits per heavy atom. The molecule has 0 bridgehead atoms. The lowest BCUT2D eigenvalue weighted by atomic mass is 10.1. The van der Waals surface area contributed by atoms with Crippen LogP contribution in [0.5, 0.6) is 11.5 Å². The number of benzene rings is 2. The molecule has 0 unspecified atom stereocenters. The molecule has 2 heterocycles. The van der Waals surface area contributed by atoms with Gasteiger partial charge in [0.2, 0.25) is 0 Å². The number of fused-ring (bicyclic) bond motifs is 1. The number of nitro benzene ring substituents is 1. The van der Waals surface area contributed by atoms with Crippen LogP contribution in [0.1, 0.15) is 16.7 Å². The summed E-state index contributed by atoms with van der Waals surface area (Å²) in [5.74, 6) is 0.926. The van der Waals surface area contributed by atoms with E-state index in [0.717, 1.165) is 10.9 Å². The Morgan fingerprint density at radius 3 is 2.47 bits per heavy atom. The van der Waals surface area contributed by atoms with Gasteiger partial charge in [0.25, 0.3) is 5.69 Å². The molecule has 0 saturated carbocycles. The first-order chi connectivity index (χ1) is 14.3. The summed E-state index contributed by atoms with van der Waals surface area (Å²) in [7, 11) is 0. The maximum Gasteiger partial charge on any atom is 0.343 e. The minimum Gasteiger partial charge on any atom is -0.507 e. The standard InChI is InChI=1S/C22H17NO7/c1-12-20(24)13(2)22(25)30-21(12)19-9-15-5-8-17(10-18(15)29-19)28-11-14-3-6-16(7-4-14)23(26)27/h3-10,24H,11H2,1-2H3. The molecule has 0 aliphatic rings. The fourth-order valence-electron chi connectivity index (χ4n) is 3.06. The minimum absolute atomic E-state index is 0.0207. The maximum absolute atomic E-state index is 11.9. The summed E-state index contributed by atoms with van der Waals surface area (Å²) in [6, 6.07) is 13.1. The molecule has 0 aliphatic carbocycles. The van der Waals surface area contributed by atoms with E-state index in [1.54, 1.807) is 43.3 Å². The van der Waals surface area contributed by atoms with Gasteiger partial charge < -0.3 is 18.7 Å². The number of ether oxygens (including phenoxy) is 1. The normalized spacial score (nSPS) is 11.0. The Balaban J connectivity index is 1.59. The summed E-state index contributed by atoms with van der Waals surface area (Å²) in [5, 5.41) is 21.6. The van der Waals surface area contributed by atoms with E-state index in [1.165, 1.54) is 19.1 Å². The Hall–Kier alpha value is -4.07. The number of nitro groups is 1. The van der Waals surface area contributed by atoms with Crippen LogP contribution >= 0.6 is 0 Å². The highest BCUT2D eigenvalue weighted by Crippen LogP contribution is 2.34. The number of hydrogen-bond donors (Lipinski definition) is 1. The lowest BCUT2D eigenvalue weighted by Gasteiger charge is -2.06. The van der Waals surface area contributed by atoms with Gasteiger partial charge in [-0.15, -0.1) is 0 Å². The molecule has 0 radical (unpaired) electrons. The zero-order valence-electron chi connectivity index (χ0n) is 16.2. The molecule has 0 saturated heterocycles. The van der Waals surface area contributed by atoms with E-state index in [9.17, 15) is 20.0 Å².